The lowest BCUT2D eigenvalue weighted by atomic mass is 10.0. The second kappa shape index (κ2) is 18.0. The van der Waals surface area contributed by atoms with E-state index in [1.165, 1.54) is 25.7 Å². The molecule has 0 saturated heterocycles. The summed E-state index contributed by atoms with van der Waals surface area (Å²) in [6.07, 6.45) is 8.53. The van der Waals surface area contributed by atoms with Crippen LogP contribution in [0.2, 0.25) is 0 Å². The Bertz CT molecular complexity index is 890. The highest BCUT2D eigenvalue weighted by atomic mass is 16.5. The summed E-state index contributed by atoms with van der Waals surface area (Å²) < 4.78 is 5.14. The van der Waals surface area contributed by atoms with E-state index in [0.717, 1.165) is 36.8 Å². The quantitative estimate of drug-likeness (QED) is 0.272. The number of benzene rings is 2. The lowest BCUT2D eigenvalue weighted by Crippen LogP contribution is -2.49. The molecule has 2 rings (SSSR count). The lowest BCUT2D eigenvalue weighted by molar-refractivity contribution is -0.128. The predicted molar refractivity (Wildman–Crippen MR) is 142 cm³/mol. The van der Waals surface area contributed by atoms with E-state index in [0.29, 0.717) is 13.0 Å². The van der Waals surface area contributed by atoms with Crippen LogP contribution in [0.4, 0.5) is 4.79 Å². The fraction of sp³-hybridized carbons (Fsp3) is 0.483. The van der Waals surface area contributed by atoms with Crippen molar-refractivity contribution in [1.29, 1.82) is 0 Å². The van der Waals surface area contributed by atoms with Crippen LogP contribution in [0, 0.1) is 0 Å². The van der Waals surface area contributed by atoms with Gasteiger partial charge in [-0.05, 0) is 24.0 Å². The Morgan fingerprint density at radius 2 is 1.39 bits per heavy atom. The average molecular weight is 496 g/mol. The number of hydrogen-bond acceptors (Lipinski definition) is 4. The van der Waals surface area contributed by atoms with Gasteiger partial charge < -0.3 is 20.7 Å². The molecule has 2 aromatic rings. The maximum absolute atomic E-state index is 12.8. The standard InChI is InChI=1S/C29H41N3O4/c1-2-3-4-5-6-7-14-19-26(28(34)30-21-20-24-15-10-8-11-16-24)32-27(33)22-31-29(35)36-23-25-17-12-9-13-18-25/h8-13,15-18,26H,2-7,14,19-23H2,1H3,(H,30,34)(H,31,35)(H,32,33). The van der Waals surface area contributed by atoms with E-state index in [2.05, 4.69) is 22.9 Å². The molecule has 2 aromatic carbocycles. The Hall–Kier alpha value is -3.35. The third-order valence-corrected chi connectivity index (χ3v) is 5.91. The molecule has 196 valence electrons. The van der Waals surface area contributed by atoms with Crippen molar-refractivity contribution >= 4 is 17.9 Å². The topological polar surface area (TPSA) is 96.5 Å². The fourth-order valence-electron chi connectivity index (χ4n) is 3.84. The van der Waals surface area contributed by atoms with Crippen molar-refractivity contribution in [2.75, 3.05) is 13.1 Å². The van der Waals surface area contributed by atoms with Crippen molar-refractivity contribution in [1.82, 2.24) is 16.0 Å². The molecule has 0 aliphatic carbocycles. The highest BCUT2D eigenvalue weighted by Crippen LogP contribution is 2.10. The summed E-state index contributed by atoms with van der Waals surface area (Å²) >= 11 is 0. The number of hydrogen-bond donors (Lipinski definition) is 3. The Labute approximate surface area is 215 Å². The van der Waals surface area contributed by atoms with Gasteiger partial charge in [0.2, 0.25) is 11.8 Å². The predicted octanol–water partition coefficient (Wildman–Crippen LogP) is 4.90. The molecule has 0 radical (unpaired) electrons. The van der Waals surface area contributed by atoms with Crippen LogP contribution in [0.15, 0.2) is 60.7 Å². The third kappa shape index (κ3) is 12.9. The first kappa shape index (κ1) is 28.9. The molecule has 3 amide bonds. The van der Waals surface area contributed by atoms with E-state index in [-0.39, 0.29) is 19.1 Å². The lowest BCUT2D eigenvalue weighted by Gasteiger charge is -2.19. The molecule has 0 aromatic heterocycles. The minimum atomic E-state index is -0.676. The van der Waals surface area contributed by atoms with Crippen molar-refractivity contribution in [2.24, 2.45) is 0 Å². The Balaban J connectivity index is 1.76. The van der Waals surface area contributed by atoms with Crippen molar-refractivity contribution in [3.8, 4) is 0 Å². The summed E-state index contributed by atoms with van der Waals surface area (Å²) in [6.45, 7) is 2.56. The van der Waals surface area contributed by atoms with Crippen LogP contribution in [0.5, 0.6) is 0 Å². The van der Waals surface area contributed by atoms with Crippen molar-refractivity contribution < 1.29 is 19.1 Å². The van der Waals surface area contributed by atoms with Gasteiger partial charge in [-0.15, -0.1) is 0 Å². The molecule has 7 heteroatoms. The first-order chi connectivity index (χ1) is 17.6. The van der Waals surface area contributed by atoms with Crippen LogP contribution in [0.25, 0.3) is 0 Å². The molecule has 0 saturated carbocycles. The molecule has 0 spiro atoms. The second-order valence-electron chi connectivity index (χ2n) is 8.97. The zero-order valence-electron chi connectivity index (χ0n) is 21.5. The largest absolute Gasteiger partial charge is 0.445 e. The summed E-state index contributed by atoms with van der Waals surface area (Å²) in [5, 5.41) is 8.18. The smallest absolute Gasteiger partial charge is 0.407 e. The number of ether oxygens (including phenoxy) is 1. The highest BCUT2D eigenvalue weighted by molar-refractivity contribution is 5.89. The van der Waals surface area contributed by atoms with E-state index in [1.54, 1.807) is 0 Å². The van der Waals surface area contributed by atoms with E-state index in [9.17, 15) is 14.4 Å². The molecule has 3 N–H and O–H groups in total. The Morgan fingerprint density at radius 3 is 2.06 bits per heavy atom. The van der Waals surface area contributed by atoms with Crippen LogP contribution < -0.4 is 16.0 Å². The van der Waals surface area contributed by atoms with Gasteiger partial charge in [0.15, 0.2) is 0 Å². The van der Waals surface area contributed by atoms with Gasteiger partial charge in [-0.1, -0.05) is 113 Å². The van der Waals surface area contributed by atoms with Gasteiger partial charge in [0.05, 0.1) is 0 Å². The van der Waals surface area contributed by atoms with Gasteiger partial charge in [0.1, 0.15) is 19.2 Å². The molecule has 1 atom stereocenters. The summed E-state index contributed by atoms with van der Waals surface area (Å²) in [5.74, 6) is -0.616. The first-order valence-electron chi connectivity index (χ1n) is 13.1. The monoisotopic (exact) mass is 495 g/mol. The number of nitrogens with one attached hydrogen (secondary N) is 3. The average Bonchev–Trinajstić information content (AvgIpc) is 2.90. The number of carbonyl (C=O) groups excluding carboxylic acids is 3. The number of rotatable bonds is 17. The van der Waals surface area contributed by atoms with Crippen LogP contribution in [0.1, 0.15) is 69.4 Å². The fourth-order valence-corrected chi connectivity index (χ4v) is 3.84. The van der Waals surface area contributed by atoms with Crippen LogP contribution in [0.3, 0.4) is 0 Å². The van der Waals surface area contributed by atoms with Gasteiger partial charge in [-0.3, -0.25) is 9.59 Å². The summed E-state index contributed by atoms with van der Waals surface area (Å²) in [7, 11) is 0. The normalized spacial score (nSPS) is 11.4. The van der Waals surface area contributed by atoms with Gasteiger partial charge in [-0.2, -0.15) is 0 Å². The molecular formula is C29H41N3O4. The number of alkyl carbamates (subject to hydrolysis) is 1. The second-order valence-corrected chi connectivity index (χ2v) is 8.97. The van der Waals surface area contributed by atoms with Gasteiger partial charge >= 0.3 is 6.09 Å². The van der Waals surface area contributed by atoms with Gasteiger partial charge in [0, 0.05) is 6.54 Å². The van der Waals surface area contributed by atoms with Crippen molar-refractivity contribution in [3.63, 3.8) is 0 Å². The van der Waals surface area contributed by atoms with Crippen molar-refractivity contribution in [2.45, 2.75) is 77.4 Å². The van der Waals surface area contributed by atoms with E-state index in [1.807, 2.05) is 60.7 Å². The molecule has 36 heavy (non-hydrogen) atoms. The Kier molecular flexibility index (Phi) is 14.4. The van der Waals surface area contributed by atoms with Crippen LogP contribution in [-0.4, -0.2) is 37.0 Å². The zero-order chi connectivity index (χ0) is 25.8. The molecular weight excluding hydrogens is 454 g/mol. The molecule has 0 heterocycles. The SMILES string of the molecule is CCCCCCCCCC(NC(=O)CNC(=O)OCc1ccccc1)C(=O)NCCc1ccccc1. The van der Waals surface area contributed by atoms with E-state index in [4.69, 9.17) is 4.74 Å². The summed E-state index contributed by atoms with van der Waals surface area (Å²) in [5.41, 5.74) is 2.00. The maximum Gasteiger partial charge on any atom is 0.407 e. The molecule has 0 fully saturated rings. The number of carbonyl (C=O) groups is 3. The van der Waals surface area contributed by atoms with Crippen LogP contribution in [-0.2, 0) is 27.4 Å². The molecule has 0 bridgehead atoms. The minimum absolute atomic E-state index is 0.124. The number of amides is 3. The van der Waals surface area contributed by atoms with E-state index >= 15 is 0 Å². The highest BCUT2D eigenvalue weighted by Gasteiger charge is 2.20. The minimum Gasteiger partial charge on any atom is -0.445 e. The van der Waals surface area contributed by atoms with Crippen molar-refractivity contribution in [3.05, 3.63) is 71.8 Å². The van der Waals surface area contributed by atoms with Gasteiger partial charge in [0.25, 0.3) is 0 Å². The van der Waals surface area contributed by atoms with Crippen LogP contribution >= 0.6 is 0 Å². The Morgan fingerprint density at radius 1 is 0.778 bits per heavy atom. The number of unbranched alkanes of at least 4 members (excludes halogenated alkanes) is 6. The molecule has 1 unspecified atom stereocenters. The first-order valence-corrected chi connectivity index (χ1v) is 13.1. The summed E-state index contributed by atoms with van der Waals surface area (Å²) in [4.78, 5) is 37.3. The zero-order valence-corrected chi connectivity index (χ0v) is 21.5. The molecule has 7 nitrogen and oxygen atoms in total. The molecule has 0 aliphatic rings. The maximum atomic E-state index is 12.8. The molecule has 0 aliphatic heterocycles. The summed E-state index contributed by atoms with van der Waals surface area (Å²) in [6, 6.07) is 18.6. The van der Waals surface area contributed by atoms with Gasteiger partial charge in [-0.25, -0.2) is 4.79 Å². The third-order valence-electron chi connectivity index (χ3n) is 5.91. The van der Waals surface area contributed by atoms with E-state index < -0.39 is 18.0 Å².